The molecular formula is C19H16ClN3O2. The molecule has 1 N–H and O–H groups in total. The molecule has 1 aromatic heterocycles. The minimum absolute atomic E-state index is 0.0584. The Balaban J connectivity index is 1.86. The highest BCUT2D eigenvalue weighted by atomic mass is 35.5. The monoisotopic (exact) mass is 353 g/mol. The highest BCUT2D eigenvalue weighted by molar-refractivity contribution is 6.35. The van der Waals surface area contributed by atoms with Crippen molar-refractivity contribution in [2.45, 2.75) is 6.92 Å². The van der Waals surface area contributed by atoms with Gasteiger partial charge in [-0.15, -0.1) is 0 Å². The number of pyridine rings is 1. The van der Waals surface area contributed by atoms with Gasteiger partial charge in [0, 0.05) is 42.5 Å². The van der Waals surface area contributed by atoms with Gasteiger partial charge in [0.1, 0.15) is 0 Å². The van der Waals surface area contributed by atoms with Gasteiger partial charge in [0.15, 0.2) is 0 Å². The van der Waals surface area contributed by atoms with Crippen molar-refractivity contribution >= 4 is 45.7 Å². The summed E-state index contributed by atoms with van der Waals surface area (Å²) < 4.78 is 0. The van der Waals surface area contributed by atoms with Gasteiger partial charge in [0.25, 0.3) is 5.91 Å². The zero-order valence-corrected chi connectivity index (χ0v) is 14.5. The van der Waals surface area contributed by atoms with E-state index in [-0.39, 0.29) is 11.8 Å². The van der Waals surface area contributed by atoms with Crippen LogP contribution in [-0.2, 0) is 4.79 Å². The number of carbonyl (C=O) groups is 2. The number of carbonyl (C=O) groups excluding carboxylic acids is 2. The van der Waals surface area contributed by atoms with Crippen LogP contribution in [-0.4, -0.2) is 23.8 Å². The first-order chi connectivity index (χ1) is 12.0. The second-order valence-electron chi connectivity index (χ2n) is 5.57. The van der Waals surface area contributed by atoms with E-state index in [4.69, 9.17) is 11.6 Å². The van der Waals surface area contributed by atoms with Crippen molar-refractivity contribution in [1.29, 1.82) is 0 Å². The van der Waals surface area contributed by atoms with Crippen LogP contribution in [0.4, 0.5) is 11.4 Å². The smallest absolute Gasteiger partial charge is 0.256 e. The first-order valence-electron chi connectivity index (χ1n) is 7.66. The van der Waals surface area contributed by atoms with Crippen LogP contribution >= 0.6 is 11.6 Å². The van der Waals surface area contributed by atoms with E-state index in [1.165, 1.54) is 11.8 Å². The van der Waals surface area contributed by atoms with Crippen molar-refractivity contribution in [3.63, 3.8) is 0 Å². The normalized spacial score (nSPS) is 10.5. The van der Waals surface area contributed by atoms with Gasteiger partial charge in [-0.1, -0.05) is 17.7 Å². The number of nitrogens with zero attached hydrogens (tertiary/aromatic N) is 2. The summed E-state index contributed by atoms with van der Waals surface area (Å²) in [6.45, 7) is 1.50. The average molecular weight is 354 g/mol. The Kier molecular flexibility index (Phi) is 4.67. The summed E-state index contributed by atoms with van der Waals surface area (Å²) in [7, 11) is 1.70. The summed E-state index contributed by atoms with van der Waals surface area (Å²) in [4.78, 5) is 29.8. The van der Waals surface area contributed by atoms with Gasteiger partial charge in [-0.2, -0.15) is 0 Å². The third kappa shape index (κ3) is 3.46. The molecule has 0 fully saturated rings. The molecular weight excluding hydrogens is 338 g/mol. The lowest BCUT2D eigenvalue weighted by Crippen LogP contribution is -2.22. The third-order valence-corrected chi connectivity index (χ3v) is 4.25. The molecule has 0 aliphatic carbocycles. The molecule has 0 radical (unpaired) electrons. The number of amides is 2. The SMILES string of the molecule is CC(=O)N(C)c1ccc(NC(=O)c2ccc(Cl)c3ncccc23)cc1. The lowest BCUT2D eigenvalue weighted by atomic mass is 10.1. The third-order valence-electron chi connectivity index (χ3n) is 3.95. The molecule has 2 aromatic carbocycles. The van der Waals surface area contributed by atoms with Gasteiger partial charge in [-0.25, -0.2) is 0 Å². The van der Waals surface area contributed by atoms with Crippen molar-refractivity contribution in [3.8, 4) is 0 Å². The molecule has 0 aliphatic rings. The van der Waals surface area contributed by atoms with Crippen LogP contribution in [0.5, 0.6) is 0 Å². The van der Waals surface area contributed by atoms with E-state index < -0.39 is 0 Å². The van der Waals surface area contributed by atoms with Crippen molar-refractivity contribution in [3.05, 3.63) is 65.3 Å². The Morgan fingerprint density at radius 2 is 1.80 bits per heavy atom. The minimum atomic E-state index is -0.248. The van der Waals surface area contributed by atoms with E-state index in [1.807, 2.05) is 6.07 Å². The maximum atomic E-state index is 12.6. The van der Waals surface area contributed by atoms with E-state index in [2.05, 4.69) is 10.3 Å². The van der Waals surface area contributed by atoms with E-state index >= 15 is 0 Å². The Labute approximate surface area is 150 Å². The first-order valence-corrected chi connectivity index (χ1v) is 8.04. The number of nitrogens with one attached hydrogen (secondary N) is 1. The van der Waals surface area contributed by atoms with Crippen LogP contribution < -0.4 is 10.2 Å². The molecule has 126 valence electrons. The topological polar surface area (TPSA) is 62.3 Å². The average Bonchev–Trinajstić information content (AvgIpc) is 2.62. The summed E-state index contributed by atoms with van der Waals surface area (Å²) in [5, 5.41) is 4.05. The molecule has 0 saturated heterocycles. The molecule has 25 heavy (non-hydrogen) atoms. The van der Waals surface area contributed by atoms with Gasteiger partial charge in [-0.3, -0.25) is 14.6 Å². The Bertz CT molecular complexity index is 955. The van der Waals surface area contributed by atoms with Crippen molar-refractivity contribution in [2.75, 3.05) is 17.3 Å². The standard InChI is InChI=1S/C19H16ClN3O2/c1-12(24)23(2)14-7-5-13(6-8-14)22-19(25)16-9-10-17(20)18-15(16)4-3-11-21-18/h3-11H,1-2H3,(H,22,25). The van der Waals surface area contributed by atoms with Gasteiger partial charge >= 0.3 is 0 Å². The summed E-state index contributed by atoms with van der Waals surface area (Å²) in [6.07, 6.45) is 1.64. The molecule has 3 aromatic rings. The quantitative estimate of drug-likeness (QED) is 0.770. The van der Waals surface area contributed by atoms with Crippen molar-refractivity contribution in [1.82, 2.24) is 4.98 Å². The maximum Gasteiger partial charge on any atom is 0.256 e. The summed E-state index contributed by atoms with van der Waals surface area (Å²) >= 11 is 6.14. The summed E-state index contributed by atoms with van der Waals surface area (Å²) in [6, 6.07) is 14.0. The maximum absolute atomic E-state index is 12.6. The Morgan fingerprint density at radius 3 is 2.48 bits per heavy atom. The van der Waals surface area contributed by atoms with Crippen molar-refractivity contribution in [2.24, 2.45) is 0 Å². The lowest BCUT2D eigenvalue weighted by molar-refractivity contribution is -0.116. The summed E-state index contributed by atoms with van der Waals surface area (Å²) in [5.74, 6) is -0.306. The predicted molar refractivity (Wildman–Crippen MR) is 100 cm³/mol. The second-order valence-corrected chi connectivity index (χ2v) is 5.98. The molecule has 0 saturated carbocycles. The highest BCUT2D eigenvalue weighted by Crippen LogP contribution is 2.25. The van der Waals surface area contributed by atoms with Gasteiger partial charge in [-0.05, 0) is 42.5 Å². The van der Waals surface area contributed by atoms with E-state index in [9.17, 15) is 9.59 Å². The summed E-state index contributed by atoms with van der Waals surface area (Å²) in [5.41, 5.74) is 2.48. The lowest BCUT2D eigenvalue weighted by Gasteiger charge is -2.15. The molecule has 0 unspecified atom stereocenters. The number of rotatable bonds is 3. The zero-order valence-electron chi connectivity index (χ0n) is 13.8. The molecule has 0 atom stereocenters. The molecule has 0 aliphatic heterocycles. The molecule has 6 heteroatoms. The number of halogens is 1. The molecule has 0 spiro atoms. The van der Waals surface area contributed by atoms with E-state index in [1.54, 1.807) is 55.7 Å². The fraction of sp³-hybridized carbons (Fsp3) is 0.105. The Hall–Kier alpha value is -2.92. The number of anilines is 2. The highest BCUT2D eigenvalue weighted by Gasteiger charge is 2.13. The van der Waals surface area contributed by atoms with Gasteiger partial charge in [0.2, 0.25) is 5.91 Å². The van der Waals surface area contributed by atoms with Crippen LogP contribution in [0, 0.1) is 0 Å². The van der Waals surface area contributed by atoms with Crippen LogP contribution in [0.2, 0.25) is 5.02 Å². The van der Waals surface area contributed by atoms with Gasteiger partial charge < -0.3 is 10.2 Å². The minimum Gasteiger partial charge on any atom is -0.322 e. The number of hydrogen-bond acceptors (Lipinski definition) is 3. The fourth-order valence-corrected chi connectivity index (χ4v) is 2.70. The van der Waals surface area contributed by atoms with Crippen LogP contribution in [0.25, 0.3) is 10.9 Å². The molecule has 1 heterocycles. The predicted octanol–water partition coefficient (Wildman–Crippen LogP) is 4.12. The number of hydrogen-bond donors (Lipinski definition) is 1. The number of fused-ring (bicyclic) bond motifs is 1. The van der Waals surface area contributed by atoms with Crippen LogP contribution in [0.15, 0.2) is 54.7 Å². The van der Waals surface area contributed by atoms with Crippen LogP contribution in [0.1, 0.15) is 17.3 Å². The number of benzene rings is 2. The zero-order chi connectivity index (χ0) is 18.0. The molecule has 5 nitrogen and oxygen atoms in total. The van der Waals surface area contributed by atoms with E-state index in [0.717, 1.165) is 5.69 Å². The van der Waals surface area contributed by atoms with Crippen LogP contribution in [0.3, 0.4) is 0 Å². The van der Waals surface area contributed by atoms with Gasteiger partial charge in [0.05, 0.1) is 10.5 Å². The Morgan fingerprint density at radius 1 is 1.08 bits per heavy atom. The molecule has 0 bridgehead atoms. The number of aromatic nitrogens is 1. The van der Waals surface area contributed by atoms with Crippen molar-refractivity contribution < 1.29 is 9.59 Å². The first kappa shape index (κ1) is 16.9. The largest absolute Gasteiger partial charge is 0.322 e. The van der Waals surface area contributed by atoms with E-state index in [0.29, 0.717) is 27.2 Å². The molecule has 2 amide bonds. The molecule has 3 rings (SSSR count). The second kappa shape index (κ2) is 6.91. The fourth-order valence-electron chi connectivity index (χ4n) is 2.48.